The van der Waals surface area contributed by atoms with Crippen LogP contribution in [0.4, 0.5) is 0 Å². The molecule has 0 aliphatic rings. The SMILES string of the molecule is CC(C)(C(=O)NCCP(=O)(O)O)c1cc(-c2nc3cc(C(=N)N)ccc3[nH]2)c(O)c(-c2cc(S(N)(=O)=O)ccc2O)c1. The number of hydrogen-bond donors (Lipinski definition) is 9. The summed E-state index contributed by atoms with van der Waals surface area (Å²) in [5.41, 5.74) is 5.80. The van der Waals surface area contributed by atoms with Gasteiger partial charge in [-0.05, 0) is 67.9 Å². The van der Waals surface area contributed by atoms with E-state index in [0.717, 1.165) is 18.2 Å². The summed E-state index contributed by atoms with van der Waals surface area (Å²) in [6, 6.07) is 11.0. The second kappa shape index (κ2) is 10.9. The van der Waals surface area contributed by atoms with Crippen LogP contribution in [0.3, 0.4) is 0 Å². The van der Waals surface area contributed by atoms with Gasteiger partial charge in [-0.1, -0.05) is 0 Å². The second-order valence-electron chi connectivity index (χ2n) is 10.1. The number of fused-ring (bicyclic) bond motifs is 1. The number of hydrogen-bond acceptors (Lipinski definition) is 8. The zero-order chi connectivity index (χ0) is 31.2. The molecular weight excluding hydrogens is 587 g/mol. The van der Waals surface area contributed by atoms with Crippen molar-refractivity contribution in [1.29, 1.82) is 5.41 Å². The van der Waals surface area contributed by atoms with E-state index in [1.54, 1.807) is 18.2 Å². The lowest BCUT2D eigenvalue weighted by molar-refractivity contribution is -0.125. The van der Waals surface area contributed by atoms with E-state index in [1.165, 1.54) is 26.0 Å². The lowest BCUT2D eigenvalue weighted by Gasteiger charge is -2.26. The molecule has 14 nitrogen and oxygen atoms in total. The van der Waals surface area contributed by atoms with Crippen molar-refractivity contribution in [2.45, 2.75) is 24.2 Å². The van der Waals surface area contributed by atoms with E-state index in [4.69, 9.17) is 26.1 Å². The van der Waals surface area contributed by atoms with Crippen LogP contribution >= 0.6 is 7.60 Å². The molecule has 42 heavy (non-hydrogen) atoms. The van der Waals surface area contributed by atoms with Gasteiger partial charge in [0, 0.05) is 23.2 Å². The first-order valence-electron chi connectivity index (χ1n) is 12.3. The molecule has 4 rings (SSSR count). The third-order valence-corrected chi connectivity index (χ3v) is 8.44. The molecule has 0 aliphatic carbocycles. The summed E-state index contributed by atoms with van der Waals surface area (Å²) >= 11 is 0. The quantitative estimate of drug-likeness (QED) is 0.0747. The molecule has 11 N–H and O–H groups in total. The molecule has 1 aromatic heterocycles. The second-order valence-corrected chi connectivity index (χ2v) is 13.5. The van der Waals surface area contributed by atoms with Crippen LogP contribution in [0, 0.1) is 5.41 Å². The largest absolute Gasteiger partial charge is 0.507 e. The third kappa shape index (κ3) is 6.30. The molecule has 222 valence electrons. The minimum atomic E-state index is -4.37. The highest BCUT2D eigenvalue weighted by atomic mass is 32.2. The molecule has 0 radical (unpaired) electrons. The maximum absolute atomic E-state index is 13.2. The number of sulfonamides is 1. The van der Waals surface area contributed by atoms with Crippen molar-refractivity contribution in [3.05, 3.63) is 59.7 Å². The maximum atomic E-state index is 13.2. The van der Waals surface area contributed by atoms with E-state index in [-0.39, 0.29) is 51.1 Å². The van der Waals surface area contributed by atoms with Crippen molar-refractivity contribution in [2.24, 2.45) is 10.9 Å². The number of primary sulfonamides is 1. The number of amidine groups is 1. The summed E-state index contributed by atoms with van der Waals surface area (Å²) in [5.74, 6) is -1.43. The Bertz CT molecular complexity index is 1900. The average Bonchev–Trinajstić information content (AvgIpc) is 3.31. The number of phenols is 2. The van der Waals surface area contributed by atoms with Crippen molar-refractivity contribution >= 4 is 40.4 Å². The van der Waals surface area contributed by atoms with Crippen LogP contribution in [-0.2, 0) is 24.8 Å². The Morgan fingerprint density at radius 2 is 1.74 bits per heavy atom. The van der Waals surface area contributed by atoms with Crippen LogP contribution in [-0.4, -0.2) is 62.8 Å². The van der Waals surface area contributed by atoms with Gasteiger partial charge >= 0.3 is 7.60 Å². The van der Waals surface area contributed by atoms with Gasteiger partial charge in [0.25, 0.3) is 0 Å². The lowest BCUT2D eigenvalue weighted by Crippen LogP contribution is -2.41. The van der Waals surface area contributed by atoms with E-state index < -0.39 is 40.9 Å². The Kier molecular flexibility index (Phi) is 7.93. The summed E-state index contributed by atoms with van der Waals surface area (Å²) < 4.78 is 35.3. The van der Waals surface area contributed by atoms with E-state index in [0.29, 0.717) is 16.6 Å². The van der Waals surface area contributed by atoms with Gasteiger partial charge in [0.15, 0.2) is 0 Å². The number of aromatic hydroxyl groups is 2. The van der Waals surface area contributed by atoms with Gasteiger partial charge in [-0.2, -0.15) is 0 Å². The number of nitrogens with zero attached hydrogens (tertiary/aromatic N) is 1. The monoisotopic (exact) mass is 616 g/mol. The Morgan fingerprint density at radius 1 is 1.07 bits per heavy atom. The Morgan fingerprint density at radius 3 is 2.36 bits per heavy atom. The first-order valence-corrected chi connectivity index (χ1v) is 15.6. The summed E-state index contributed by atoms with van der Waals surface area (Å²) in [6.07, 6.45) is -0.573. The molecule has 16 heteroatoms. The number of phenolic OH excluding ortho intramolecular Hbond substituents is 2. The summed E-state index contributed by atoms with van der Waals surface area (Å²) in [6.45, 7) is 2.78. The van der Waals surface area contributed by atoms with Gasteiger partial charge in [-0.15, -0.1) is 0 Å². The molecule has 1 heterocycles. The number of imidazole rings is 1. The number of nitrogens with one attached hydrogen (secondary N) is 3. The fourth-order valence-electron chi connectivity index (χ4n) is 4.26. The Labute approximate surface area is 240 Å². The first kappa shape index (κ1) is 30.7. The highest BCUT2D eigenvalue weighted by Gasteiger charge is 2.33. The number of benzene rings is 3. The van der Waals surface area contributed by atoms with Crippen LogP contribution in [0.5, 0.6) is 11.5 Å². The number of aromatic amines is 1. The van der Waals surface area contributed by atoms with Crippen molar-refractivity contribution in [3.8, 4) is 34.0 Å². The van der Waals surface area contributed by atoms with E-state index in [9.17, 15) is 28.0 Å². The minimum absolute atomic E-state index is 0.0496. The normalized spacial score (nSPS) is 12.4. The van der Waals surface area contributed by atoms with Gasteiger partial charge in [0.2, 0.25) is 15.9 Å². The fourth-order valence-corrected chi connectivity index (χ4v) is 5.20. The predicted molar refractivity (Wildman–Crippen MR) is 156 cm³/mol. The minimum Gasteiger partial charge on any atom is -0.507 e. The van der Waals surface area contributed by atoms with Gasteiger partial charge < -0.3 is 36.0 Å². The molecule has 0 fully saturated rings. The van der Waals surface area contributed by atoms with Crippen molar-refractivity contribution in [1.82, 2.24) is 15.3 Å². The molecule has 0 spiro atoms. The van der Waals surface area contributed by atoms with E-state index in [1.807, 2.05) is 0 Å². The van der Waals surface area contributed by atoms with Crippen LogP contribution < -0.4 is 16.2 Å². The molecule has 1 amide bonds. The highest BCUT2D eigenvalue weighted by Crippen LogP contribution is 2.44. The number of nitrogen functional groups attached to an aromatic ring is 1. The van der Waals surface area contributed by atoms with Crippen molar-refractivity contribution < 1.29 is 37.8 Å². The van der Waals surface area contributed by atoms with Crippen LogP contribution in [0.25, 0.3) is 33.5 Å². The average molecular weight is 617 g/mol. The number of amides is 1. The maximum Gasteiger partial charge on any atom is 0.327 e. The zero-order valence-electron chi connectivity index (χ0n) is 22.4. The molecule has 0 atom stereocenters. The number of rotatable bonds is 9. The number of carbonyl (C=O) groups excluding carboxylic acids is 1. The lowest BCUT2D eigenvalue weighted by atomic mass is 9.81. The number of nitrogens with two attached hydrogens (primary N) is 2. The molecule has 0 aliphatic heterocycles. The third-order valence-electron chi connectivity index (χ3n) is 6.72. The zero-order valence-corrected chi connectivity index (χ0v) is 24.1. The van der Waals surface area contributed by atoms with Crippen LogP contribution in [0.2, 0.25) is 0 Å². The highest BCUT2D eigenvalue weighted by molar-refractivity contribution is 7.89. The van der Waals surface area contributed by atoms with E-state index >= 15 is 0 Å². The molecule has 0 bridgehead atoms. The number of H-pyrrole nitrogens is 1. The van der Waals surface area contributed by atoms with Gasteiger partial charge in [-0.25, -0.2) is 18.5 Å². The van der Waals surface area contributed by atoms with Crippen molar-refractivity contribution in [2.75, 3.05) is 12.7 Å². The fraction of sp³-hybridized carbons (Fsp3) is 0.192. The Hall–Kier alpha value is -4.27. The summed E-state index contributed by atoms with van der Waals surface area (Å²) in [7, 11) is -8.56. The van der Waals surface area contributed by atoms with E-state index in [2.05, 4.69) is 15.3 Å². The first-order chi connectivity index (χ1) is 19.4. The molecule has 0 unspecified atom stereocenters. The smallest absolute Gasteiger partial charge is 0.327 e. The molecule has 0 saturated heterocycles. The van der Waals surface area contributed by atoms with Gasteiger partial charge in [-0.3, -0.25) is 14.8 Å². The standard InChI is InChI=1S/C26H29N6O8PS/c1-26(2,25(35)30-7-8-41(36,37)38)14-10-17(16-12-15(42(29,39)40)4-6-21(16)33)22(34)18(11-14)24-31-19-5-3-13(23(27)28)9-20(19)32-24/h3-6,9-12,33-34H,7-8H2,1-2H3,(H3,27,28)(H,30,35)(H,31,32)(H2,29,39,40)(H2,36,37,38). The molecule has 3 aromatic carbocycles. The summed E-state index contributed by atoms with van der Waals surface area (Å²) in [4.78, 5) is 38.7. The number of carbonyl (C=O) groups is 1. The van der Waals surface area contributed by atoms with Crippen molar-refractivity contribution in [3.63, 3.8) is 0 Å². The number of aromatic nitrogens is 2. The van der Waals surface area contributed by atoms with Gasteiger partial charge in [0.05, 0.1) is 33.1 Å². The molecule has 0 saturated carbocycles. The predicted octanol–water partition coefficient (Wildman–Crippen LogP) is 1.81. The van der Waals surface area contributed by atoms with Gasteiger partial charge in [0.1, 0.15) is 23.2 Å². The van der Waals surface area contributed by atoms with Crippen LogP contribution in [0.1, 0.15) is 25.0 Å². The molecular formula is C26H29N6O8PS. The van der Waals surface area contributed by atoms with Crippen LogP contribution in [0.15, 0.2) is 53.4 Å². The molecule has 4 aromatic rings. The Balaban J connectivity index is 1.94. The topological polar surface area (TPSA) is 266 Å². The summed E-state index contributed by atoms with van der Waals surface area (Å²) in [5, 5.41) is 37.6.